The summed E-state index contributed by atoms with van der Waals surface area (Å²) in [7, 11) is -4.98. The molecule has 3 rings (SSSR count). The molecule has 3 heterocycles. The van der Waals surface area contributed by atoms with Crippen molar-refractivity contribution in [2.75, 3.05) is 19.7 Å². The third-order valence-electron chi connectivity index (χ3n) is 4.94. The van der Waals surface area contributed by atoms with Gasteiger partial charge in [-0.2, -0.15) is 8.42 Å². The molecule has 0 saturated carbocycles. The first kappa shape index (κ1) is 25.5. The van der Waals surface area contributed by atoms with Crippen molar-refractivity contribution in [2.45, 2.75) is 37.0 Å². The molecular formula is C16H22N6O10S2. The quantitative estimate of drug-likeness (QED) is 0.0920. The smallest absolute Gasteiger partial charge is 0.410 e. The van der Waals surface area contributed by atoms with E-state index in [0.29, 0.717) is 0 Å². The molecule has 6 N–H and O–H groups in total. The van der Waals surface area contributed by atoms with Gasteiger partial charge in [0, 0.05) is 12.0 Å². The molecule has 0 aromatic carbocycles. The Morgan fingerprint density at radius 1 is 1.44 bits per heavy atom. The van der Waals surface area contributed by atoms with E-state index in [9.17, 15) is 37.3 Å². The molecule has 3 aliphatic heterocycles. The fourth-order valence-electron chi connectivity index (χ4n) is 3.07. The maximum Gasteiger partial charge on any atom is 0.410 e. The highest BCUT2D eigenvalue weighted by Crippen LogP contribution is 2.26. The summed E-state index contributed by atoms with van der Waals surface area (Å²) in [5, 5.41) is 19.3. The van der Waals surface area contributed by atoms with E-state index in [-0.39, 0.29) is 29.7 Å². The van der Waals surface area contributed by atoms with E-state index in [2.05, 4.69) is 15.8 Å². The summed E-state index contributed by atoms with van der Waals surface area (Å²) in [6, 6.07) is -2.80. The van der Waals surface area contributed by atoms with Gasteiger partial charge in [-0.25, -0.2) is 13.9 Å². The Kier molecular flexibility index (Phi) is 6.97. The van der Waals surface area contributed by atoms with E-state index in [4.69, 9.17) is 15.3 Å². The summed E-state index contributed by atoms with van der Waals surface area (Å²) >= 11 is 1.08. The van der Waals surface area contributed by atoms with Gasteiger partial charge in [0.25, 0.3) is 11.8 Å². The average molecular weight is 523 g/mol. The number of carbonyl (C=O) groups is 4. The van der Waals surface area contributed by atoms with Crippen molar-refractivity contribution < 1.29 is 46.8 Å². The molecule has 18 heteroatoms. The van der Waals surface area contributed by atoms with Crippen molar-refractivity contribution in [3.63, 3.8) is 0 Å². The summed E-state index contributed by atoms with van der Waals surface area (Å²) in [4.78, 5) is 54.6. The van der Waals surface area contributed by atoms with Gasteiger partial charge in [-0.05, 0) is 13.8 Å². The molecule has 2 fully saturated rings. The highest BCUT2D eigenvalue weighted by molar-refractivity contribution is 8.02. The van der Waals surface area contributed by atoms with Crippen LogP contribution in [0.25, 0.3) is 0 Å². The number of carboxylic acid groups (broad SMARTS) is 1. The molecule has 3 unspecified atom stereocenters. The maximum absolute atomic E-state index is 13.0. The highest BCUT2D eigenvalue weighted by Gasteiger charge is 2.55. The Labute approximate surface area is 197 Å². The predicted molar refractivity (Wildman–Crippen MR) is 114 cm³/mol. The number of β-lactam (4-membered cyclic amide) rings is 1. The van der Waals surface area contributed by atoms with Gasteiger partial charge in [0.1, 0.15) is 18.1 Å². The lowest BCUT2D eigenvalue weighted by Gasteiger charge is -2.45. The predicted octanol–water partition coefficient (Wildman–Crippen LogP) is -2.41. The lowest BCUT2D eigenvalue weighted by molar-refractivity contribution is -0.161. The number of thioether (sulfide) groups is 1. The minimum absolute atomic E-state index is 0.0493. The molecule has 0 radical (unpaired) electrons. The minimum Gasteiger partial charge on any atom is -0.478 e. The zero-order valence-electron chi connectivity index (χ0n) is 17.8. The first-order valence-electron chi connectivity index (χ1n) is 9.63. The Hall–Kier alpha value is -3.09. The number of hydrogen-bond acceptors (Lipinski definition) is 12. The normalized spacial score (nSPS) is 25.4. The second kappa shape index (κ2) is 9.28. The number of nitrogens with two attached hydrogens (primary N) is 1. The van der Waals surface area contributed by atoms with Crippen LogP contribution >= 0.6 is 11.8 Å². The number of carboxylic acids is 1. The first-order chi connectivity index (χ1) is 15.7. The largest absolute Gasteiger partial charge is 0.478 e. The number of nitrogens with zero attached hydrogens (tertiary/aromatic N) is 3. The Balaban J connectivity index is 1.84. The van der Waals surface area contributed by atoms with Crippen LogP contribution < -0.4 is 16.4 Å². The molecule has 0 bridgehead atoms. The third kappa shape index (κ3) is 5.18. The summed E-state index contributed by atoms with van der Waals surface area (Å²) < 4.78 is 37.6. The molecule has 188 valence electrons. The molecule has 0 aromatic rings. The molecule has 0 aromatic heterocycles. The molecule has 0 aliphatic carbocycles. The van der Waals surface area contributed by atoms with E-state index < -0.39 is 63.1 Å². The second-order valence-corrected chi connectivity index (χ2v) is 10.1. The van der Waals surface area contributed by atoms with Crippen molar-refractivity contribution >= 4 is 51.7 Å². The monoisotopic (exact) mass is 522 g/mol. The summed E-state index contributed by atoms with van der Waals surface area (Å²) in [5.74, 6) is -3.55. The highest BCUT2D eigenvalue weighted by atomic mass is 32.2. The van der Waals surface area contributed by atoms with Gasteiger partial charge >= 0.3 is 22.4 Å². The molecule has 2 saturated heterocycles. The number of rotatable bonds is 9. The van der Waals surface area contributed by atoms with Crippen LogP contribution in [0.4, 0.5) is 4.79 Å². The van der Waals surface area contributed by atoms with Crippen LogP contribution in [0.3, 0.4) is 0 Å². The van der Waals surface area contributed by atoms with Gasteiger partial charge < -0.3 is 35.9 Å². The number of hydrogen-bond donors (Lipinski definition) is 5. The molecule has 16 nitrogen and oxygen atoms in total. The van der Waals surface area contributed by atoms with Gasteiger partial charge in [-0.15, -0.1) is 0 Å². The lowest BCUT2D eigenvalue weighted by atomic mass is 9.97. The van der Waals surface area contributed by atoms with Gasteiger partial charge in [0.15, 0.2) is 5.71 Å². The van der Waals surface area contributed by atoms with E-state index in [1.807, 2.05) is 0 Å². The van der Waals surface area contributed by atoms with Crippen LogP contribution in [0.2, 0.25) is 0 Å². The van der Waals surface area contributed by atoms with Crippen LogP contribution in [0.15, 0.2) is 16.3 Å². The Bertz CT molecular complexity index is 1070. The summed E-state index contributed by atoms with van der Waals surface area (Å²) in [6.07, 6.45) is -0.752. The number of nitrogens with one attached hydrogen (secondary N) is 2. The third-order valence-corrected chi connectivity index (χ3v) is 6.67. The lowest BCUT2D eigenvalue weighted by Crippen LogP contribution is -2.74. The van der Waals surface area contributed by atoms with Crippen molar-refractivity contribution in [3.05, 3.63) is 11.1 Å². The number of aliphatic carboxylic acids is 1. The standard InChI is InChI=1S/C16H22N6O10S2/c1-16(2,13(25)26)32-20-9(7-6-33-14(17)18-7)11(23)19-10-8(5-21-3-4-31-15(21)27)22(12(10)24)34(28,29)30/h6,8,10,14,18H,3-5,17H2,1-2H3,(H,19,23)(H,25,26)(H,28,29,30)/b20-9-. The molecule has 3 aliphatic rings. The SMILES string of the molecule is CC(C)(O/N=C(\C(=O)NC1C(=O)N(S(=O)(=O)O)C1CN1CCOC1=O)C1=CSC(N)N1)C(=O)O. The van der Waals surface area contributed by atoms with Gasteiger partial charge in [-0.3, -0.25) is 14.1 Å². The fraction of sp³-hybridized carbons (Fsp3) is 0.562. The number of ether oxygens (including phenoxy) is 1. The number of cyclic esters (lactones) is 1. The second-order valence-electron chi connectivity index (χ2n) is 7.77. The topological polar surface area (TPSA) is 230 Å². The minimum atomic E-state index is -4.98. The molecule has 3 atom stereocenters. The molecule has 3 amide bonds. The Morgan fingerprint density at radius 3 is 2.62 bits per heavy atom. The van der Waals surface area contributed by atoms with E-state index >= 15 is 0 Å². The molecule has 34 heavy (non-hydrogen) atoms. The molecule has 0 spiro atoms. The molecular weight excluding hydrogens is 500 g/mol. The van der Waals surface area contributed by atoms with Crippen LogP contribution in [-0.2, 0) is 34.3 Å². The fourth-order valence-corrected chi connectivity index (χ4v) is 4.60. The summed E-state index contributed by atoms with van der Waals surface area (Å²) in [5.41, 5.74) is 2.86. The van der Waals surface area contributed by atoms with Crippen LogP contribution in [0.1, 0.15) is 13.8 Å². The van der Waals surface area contributed by atoms with Crippen molar-refractivity contribution in [1.82, 2.24) is 19.8 Å². The number of carbonyl (C=O) groups excluding carboxylic acids is 3. The summed E-state index contributed by atoms with van der Waals surface area (Å²) in [6.45, 7) is 2.19. The van der Waals surface area contributed by atoms with Crippen molar-refractivity contribution in [2.24, 2.45) is 10.9 Å². The van der Waals surface area contributed by atoms with Crippen LogP contribution in [0, 0.1) is 0 Å². The zero-order chi connectivity index (χ0) is 25.4. The van der Waals surface area contributed by atoms with E-state index in [1.54, 1.807) is 0 Å². The van der Waals surface area contributed by atoms with Crippen LogP contribution in [-0.4, -0.2) is 99.7 Å². The van der Waals surface area contributed by atoms with E-state index in [1.165, 1.54) is 19.3 Å². The number of amides is 3. The van der Waals surface area contributed by atoms with E-state index in [0.717, 1.165) is 16.7 Å². The first-order valence-corrected chi connectivity index (χ1v) is 12.0. The average Bonchev–Trinajstić information content (AvgIpc) is 3.32. The zero-order valence-corrected chi connectivity index (χ0v) is 19.5. The van der Waals surface area contributed by atoms with Crippen molar-refractivity contribution in [3.8, 4) is 0 Å². The Morgan fingerprint density at radius 2 is 2.12 bits per heavy atom. The maximum atomic E-state index is 13.0. The van der Waals surface area contributed by atoms with Gasteiger partial charge in [0.05, 0.1) is 18.3 Å². The van der Waals surface area contributed by atoms with Crippen LogP contribution in [0.5, 0.6) is 0 Å². The van der Waals surface area contributed by atoms with Gasteiger partial charge in [0.2, 0.25) is 5.60 Å². The number of oxime groups is 1. The van der Waals surface area contributed by atoms with Crippen molar-refractivity contribution in [1.29, 1.82) is 0 Å². The van der Waals surface area contributed by atoms with Gasteiger partial charge in [-0.1, -0.05) is 16.9 Å².